The minimum atomic E-state index is -0.537. The first-order chi connectivity index (χ1) is 9.50. The normalized spacial score (nSPS) is 24.8. The van der Waals surface area contributed by atoms with Crippen molar-refractivity contribution in [2.75, 3.05) is 6.54 Å². The largest absolute Gasteiger partial charge is 0.390 e. The molecule has 1 unspecified atom stereocenters. The van der Waals surface area contributed by atoms with Crippen LogP contribution < -0.4 is 0 Å². The Morgan fingerprint density at radius 1 is 1.25 bits per heavy atom. The van der Waals surface area contributed by atoms with Gasteiger partial charge in [0.2, 0.25) is 0 Å². The number of hydrogen-bond donors (Lipinski definition) is 1. The summed E-state index contributed by atoms with van der Waals surface area (Å²) in [6, 6.07) is 11.4. The first-order valence-electron chi connectivity index (χ1n) is 8.01. The van der Waals surface area contributed by atoms with Crippen LogP contribution in [0.2, 0.25) is 0 Å². The highest BCUT2D eigenvalue weighted by Gasteiger charge is 2.35. The van der Waals surface area contributed by atoms with E-state index < -0.39 is 5.60 Å². The molecule has 20 heavy (non-hydrogen) atoms. The van der Waals surface area contributed by atoms with Gasteiger partial charge in [-0.05, 0) is 51.1 Å². The van der Waals surface area contributed by atoms with Crippen molar-refractivity contribution in [2.24, 2.45) is 5.92 Å². The Labute approximate surface area is 123 Å². The van der Waals surface area contributed by atoms with E-state index in [2.05, 4.69) is 42.2 Å². The van der Waals surface area contributed by atoms with Crippen LogP contribution in [0.5, 0.6) is 0 Å². The summed E-state index contributed by atoms with van der Waals surface area (Å²) in [6.07, 6.45) is 4.69. The number of aliphatic hydroxyl groups is 1. The Kier molecular flexibility index (Phi) is 5.22. The van der Waals surface area contributed by atoms with Crippen LogP contribution in [0.1, 0.15) is 52.0 Å². The molecule has 0 spiro atoms. The third kappa shape index (κ3) is 4.07. The van der Waals surface area contributed by atoms with Gasteiger partial charge in [0, 0.05) is 12.6 Å². The quantitative estimate of drug-likeness (QED) is 0.882. The molecule has 1 aromatic rings. The van der Waals surface area contributed by atoms with E-state index >= 15 is 0 Å². The maximum Gasteiger partial charge on any atom is 0.0620 e. The molecule has 0 radical (unpaired) electrons. The van der Waals surface area contributed by atoms with Crippen molar-refractivity contribution in [2.45, 2.75) is 64.6 Å². The van der Waals surface area contributed by atoms with Crippen molar-refractivity contribution in [3.63, 3.8) is 0 Å². The lowest BCUT2D eigenvalue weighted by Gasteiger charge is -2.43. The average Bonchev–Trinajstić information content (AvgIpc) is 2.41. The number of likely N-dealkylation sites (tertiary alicyclic amines) is 1. The van der Waals surface area contributed by atoms with Gasteiger partial charge in [-0.1, -0.05) is 43.7 Å². The molecule has 0 aromatic heterocycles. The number of piperidine rings is 1. The molecular formula is C18H29NO. The molecule has 0 aliphatic carbocycles. The zero-order valence-electron chi connectivity index (χ0n) is 13.2. The molecule has 0 bridgehead atoms. The van der Waals surface area contributed by atoms with E-state index in [-0.39, 0.29) is 0 Å². The lowest BCUT2D eigenvalue weighted by atomic mass is 9.79. The fourth-order valence-electron chi connectivity index (χ4n) is 3.40. The van der Waals surface area contributed by atoms with E-state index in [9.17, 15) is 5.11 Å². The van der Waals surface area contributed by atoms with E-state index in [1.165, 1.54) is 18.4 Å². The third-order valence-electron chi connectivity index (χ3n) is 4.69. The summed E-state index contributed by atoms with van der Waals surface area (Å²) in [5.74, 6) is 0.436. The van der Waals surface area contributed by atoms with E-state index in [0.717, 1.165) is 25.9 Å². The van der Waals surface area contributed by atoms with Crippen LogP contribution >= 0.6 is 0 Å². The fourth-order valence-corrected chi connectivity index (χ4v) is 3.40. The second-order valence-electron chi connectivity index (χ2n) is 6.77. The van der Waals surface area contributed by atoms with E-state index in [0.29, 0.717) is 12.0 Å². The Balaban J connectivity index is 2.02. The zero-order chi connectivity index (χ0) is 14.6. The van der Waals surface area contributed by atoms with Crippen molar-refractivity contribution in [3.8, 4) is 0 Å². The van der Waals surface area contributed by atoms with Gasteiger partial charge in [0.1, 0.15) is 0 Å². The molecule has 1 fully saturated rings. The van der Waals surface area contributed by atoms with Crippen molar-refractivity contribution in [3.05, 3.63) is 35.9 Å². The van der Waals surface area contributed by atoms with Gasteiger partial charge >= 0.3 is 0 Å². The van der Waals surface area contributed by atoms with E-state index in [1.54, 1.807) is 0 Å². The highest BCUT2D eigenvalue weighted by molar-refractivity contribution is 5.14. The second kappa shape index (κ2) is 6.73. The van der Waals surface area contributed by atoms with Crippen LogP contribution in [0, 0.1) is 5.92 Å². The van der Waals surface area contributed by atoms with Crippen LogP contribution in [0.4, 0.5) is 0 Å². The molecule has 2 nitrogen and oxygen atoms in total. The monoisotopic (exact) mass is 275 g/mol. The first kappa shape index (κ1) is 15.5. The molecule has 1 aliphatic rings. The number of benzene rings is 1. The Morgan fingerprint density at radius 3 is 2.55 bits per heavy atom. The first-order valence-corrected chi connectivity index (χ1v) is 8.01. The summed E-state index contributed by atoms with van der Waals surface area (Å²) in [4.78, 5) is 2.61. The summed E-state index contributed by atoms with van der Waals surface area (Å²) >= 11 is 0. The van der Waals surface area contributed by atoms with Crippen molar-refractivity contribution in [1.82, 2.24) is 4.90 Å². The van der Waals surface area contributed by atoms with Crippen LogP contribution in [0.25, 0.3) is 0 Å². The van der Waals surface area contributed by atoms with Gasteiger partial charge in [-0.2, -0.15) is 0 Å². The molecular weight excluding hydrogens is 246 g/mol. The van der Waals surface area contributed by atoms with Gasteiger partial charge < -0.3 is 5.11 Å². The van der Waals surface area contributed by atoms with Gasteiger partial charge in [-0.25, -0.2) is 0 Å². The molecule has 2 rings (SSSR count). The molecule has 2 heteroatoms. The Bertz CT molecular complexity index is 396. The summed E-state index contributed by atoms with van der Waals surface area (Å²) in [7, 11) is 0. The van der Waals surface area contributed by atoms with Crippen LogP contribution in [-0.4, -0.2) is 28.2 Å². The number of nitrogens with zero attached hydrogens (tertiary/aromatic N) is 1. The van der Waals surface area contributed by atoms with Gasteiger partial charge in [-0.3, -0.25) is 4.90 Å². The van der Waals surface area contributed by atoms with E-state index in [1.807, 2.05) is 13.8 Å². The van der Waals surface area contributed by atoms with Crippen LogP contribution in [0.15, 0.2) is 30.3 Å². The molecule has 1 aromatic carbocycles. The minimum absolute atomic E-state index is 0.436. The minimum Gasteiger partial charge on any atom is -0.390 e. The van der Waals surface area contributed by atoms with Gasteiger partial charge in [0.15, 0.2) is 0 Å². The topological polar surface area (TPSA) is 23.5 Å². The maximum absolute atomic E-state index is 10.3. The zero-order valence-corrected chi connectivity index (χ0v) is 13.2. The molecule has 0 amide bonds. The molecule has 1 heterocycles. The molecule has 2 atom stereocenters. The van der Waals surface area contributed by atoms with Gasteiger partial charge in [-0.15, -0.1) is 0 Å². The fraction of sp³-hybridized carbons (Fsp3) is 0.667. The SMILES string of the molecule is CCC[C@H]1CC(C(C)(C)O)CCN1Cc1ccccc1. The second-order valence-corrected chi connectivity index (χ2v) is 6.77. The summed E-state index contributed by atoms with van der Waals surface area (Å²) in [6.45, 7) is 8.34. The smallest absolute Gasteiger partial charge is 0.0620 e. The van der Waals surface area contributed by atoms with Crippen molar-refractivity contribution >= 4 is 0 Å². The highest BCUT2D eigenvalue weighted by Crippen LogP contribution is 2.33. The predicted molar refractivity (Wildman–Crippen MR) is 84.6 cm³/mol. The number of hydrogen-bond acceptors (Lipinski definition) is 2. The summed E-state index contributed by atoms with van der Waals surface area (Å²) < 4.78 is 0. The van der Waals surface area contributed by atoms with Gasteiger partial charge in [0.25, 0.3) is 0 Å². The van der Waals surface area contributed by atoms with Crippen molar-refractivity contribution < 1.29 is 5.11 Å². The highest BCUT2D eigenvalue weighted by atomic mass is 16.3. The Hall–Kier alpha value is -0.860. The standard InChI is InChI=1S/C18H29NO/c1-4-8-17-13-16(18(2,3)20)11-12-19(17)14-15-9-6-5-7-10-15/h5-7,9-10,16-17,20H,4,8,11-14H2,1-3H3/t16?,17-/m0/s1. The summed E-state index contributed by atoms with van der Waals surface area (Å²) in [5.41, 5.74) is 0.862. The van der Waals surface area contributed by atoms with Gasteiger partial charge in [0.05, 0.1) is 5.60 Å². The number of rotatable bonds is 5. The lowest BCUT2D eigenvalue weighted by molar-refractivity contribution is -0.0324. The molecule has 1 N–H and O–H groups in total. The lowest BCUT2D eigenvalue weighted by Crippen LogP contribution is -2.47. The molecule has 112 valence electrons. The molecule has 1 saturated heterocycles. The molecule has 0 saturated carbocycles. The summed E-state index contributed by atoms with van der Waals surface area (Å²) in [5, 5.41) is 10.3. The average molecular weight is 275 g/mol. The van der Waals surface area contributed by atoms with Crippen LogP contribution in [0.3, 0.4) is 0 Å². The van der Waals surface area contributed by atoms with Crippen LogP contribution in [-0.2, 0) is 6.54 Å². The third-order valence-corrected chi connectivity index (χ3v) is 4.69. The van der Waals surface area contributed by atoms with E-state index in [4.69, 9.17) is 0 Å². The predicted octanol–water partition coefficient (Wildman–Crippen LogP) is 3.84. The molecule has 1 aliphatic heterocycles. The van der Waals surface area contributed by atoms with Crippen molar-refractivity contribution in [1.29, 1.82) is 0 Å². The maximum atomic E-state index is 10.3. The Morgan fingerprint density at radius 2 is 1.95 bits per heavy atom.